The Labute approximate surface area is 172 Å². The van der Waals surface area contributed by atoms with Crippen LogP contribution < -0.4 is 0 Å². The zero-order valence-corrected chi connectivity index (χ0v) is 17.9. The summed E-state index contributed by atoms with van der Waals surface area (Å²) in [5, 5.41) is 8.65. The molecule has 5 aromatic rings. The number of nitrogens with zero attached hydrogens (tertiary/aromatic N) is 2. The van der Waals surface area contributed by atoms with E-state index in [1.807, 2.05) is 16.6 Å². The fourth-order valence-electron chi connectivity index (χ4n) is 4.21. The minimum absolute atomic E-state index is 0. The maximum absolute atomic E-state index is 5.00. The SMILES string of the molecule is Cc1cc(C)c(-c2cc3c4ccccc4c4ccc[c-]c4n3n2)c(C)c1.[Ir]. The fraction of sp³-hybridized carbons (Fsp3) is 0.125. The van der Waals surface area contributed by atoms with Crippen LogP contribution in [0.15, 0.2) is 60.7 Å². The molecule has 5 rings (SSSR count). The van der Waals surface area contributed by atoms with Crippen molar-refractivity contribution in [2.45, 2.75) is 20.8 Å². The summed E-state index contributed by atoms with van der Waals surface area (Å²) in [6.07, 6.45) is 0. The zero-order chi connectivity index (χ0) is 17.8. The van der Waals surface area contributed by atoms with Crippen LogP contribution in [0.1, 0.15) is 16.7 Å². The molecule has 2 nitrogen and oxygen atoms in total. The quantitative estimate of drug-likeness (QED) is 0.192. The molecule has 2 aromatic heterocycles. The van der Waals surface area contributed by atoms with Gasteiger partial charge in [-0.2, -0.15) is 29.4 Å². The van der Waals surface area contributed by atoms with Gasteiger partial charge in [-0.1, -0.05) is 47.3 Å². The van der Waals surface area contributed by atoms with Crippen molar-refractivity contribution in [3.8, 4) is 11.3 Å². The van der Waals surface area contributed by atoms with Gasteiger partial charge in [-0.3, -0.25) is 4.52 Å². The van der Waals surface area contributed by atoms with E-state index in [1.165, 1.54) is 38.4 Å². The third kappa shape index (κ3) is 2.70. The number of benzene rings is 3. The molecule has 2 heterocycles. The van der Waals surface area contributed by atoms with Crippen LogP contribution in [-0.2, 0) is 20.1 Å². The number of fused-ring (bicyclic) bond motifs is 6. The monoisotopic (exact) mass is 528 g/mol. The van der Waals surface area contributed by atoms with Gasteiger partial charge in [0.2, 0.25) is 0 Å². The van der Waals surface area contributed by atoms with E-state index in [4.69, 9.17) is 5.10 Å². The van der Waals surface area contributed by atoms with Crippen molar-refractivity contribution in [3.05, 3.63) is 83.4 Å². The van der Waals surface area contributed by atoms with Gasteiger partial charge in [-0.15, -0.1) is 5.39 Å². The predicted molar refractivity (Wildman–Crippen MR) is 109 cm³/mol. The minimum atomic E-state index is 0. The molecule has 0 fully saturated rings. The Balaban J connectivity index is 0.00000180. The van der Waals surface area contributed by atoms with E-state index in [2.05, 4.69) is 75.4 Å². The van der Waals surface area contributed by atoms with Gasteiger partial charge >= 0.3 is 0 Å². The first-order valence-corrected chi connectivity index (χ1v) is 8.92. The summed E-state index contributed by atoms with van der Waals surface area (Å²) in [4.78, 5) is 0. The molecule has 0 amide bonds. The number of hydrogen-bond acceptors (Lipinski definition) is 1. The van der Waals surface area contributed by atoms with Crippen molar-refractivity contribution in [3.63, 3.8) is 0 Å². The van der Waals surface area contributed by atoms with E-state index in [1.54, 1.807) is 0 Å². The summed E-state index contributed by atoms with van der Waals surface area (Å²) in [5.41, 5.74) is 8.23. The molecule has 3 heteroatoms. The summed E-state index contributed by atoms with van der Waals surface area (Å²) < 4.78 is 2.05. The van der Waals surface area contributed by atoms with Crippen LogP contribution in [0.25, 0.3) is 38.4 Å². The summed E-state index contributed by atoms with van der Waals surface area (Å²) >= 11 is 0. The van der Waals surface area contributed by atoms with Crippen molar-refractivity contribution in [2.75, 3.05) is 0 Å². The molecule has 0 aliphatic carbocycles. The topological polar surface area (TPSA) is 17.3 Å². The summed E-state index contributed by atoms with van der Waals surface area (Å²) in [6.45, 7) is 6.48. The molecular formula is C24H19IrN2-. The van der Waals surface area contributed by atoms with E-state index in [0.717, 1.165) is 16.7 Å². The number of para-hydroxylation sites is 1. The molecule has 0 bridgehead atoms. The Bertz CT molecular complexity index is 1220. The van der Waals surface area contributed by atoms with Crippen LogP contribution in [0.4, 0.5) is 0 Å². The van der Waals surface area contributed by atoms with Crippen molar-refractivity contribution in [1.29, 1.82) is 0 Å². The van der Waals surface area contributed by atoms with Crippen LogP contribution in [-0.4, -0.2) is 9.61 Å². The van der Waals surface area contributed by atoms with Crippen molar-refractivity contribution in [1.82, 2.24) is 9.61 Å². The molecule has 0 spiro atoms. The van der Waals surface area contributed by atoms with Gasteiger partial charge in [0.25, 0.3) is 0 Å². The van der Waals surface area contributed by atoms with Crippen molar-refractivity contribution in [2.24, 2.45) is 0 Å². The van der Waals surface area contributed by atoms with Crippen molar-refractivity contribution >= 4 is 27.2 Å². The van der Waals surface area contributed by atoms with Gasteiger partial charge in [0.05, 0.1) is 11.2 Å². The zero-order valence-electron chi connectivity index (χ0n) is 15.5. The van der Waals surface area contributed by atoms with Crippen LogP contribution >= 0.6 is 0 Å². The predicted octanol–water partition coefficient (Wildman–Crippen LogP) is 6.03. The number of hydrogen-bond donors (Lipinski definition) is 0. The van der Waals surface area contributed by atoms with Gasteiger partial charge < -0.3 is 0 Å². The van der Waals surface area contributed by atoms with E-state index in [-0.39, 0.29) is 20.1 Å². The second-order valence-electron chi connectivity index (χ2n) is 7.08. The molecule has 0 saturated heterocycles. The third-order valence-electron chi connectivity index (χ3n) is 5.18. The molecule has 0 aliphatic rings. The molecule has 1 radical (unpaired) electrons. The van der Waals surface area contributed by atoms with E-state index in [0.29, 0.717) is 0 Å². The average molecular weight is 528 g/mol. The number of pyridine rings is 1. The normalized spacial score (nSPS) is 11.2. The molecule has 0 atom stereocenters. The number of aryl methyl sites for hydroxylation is 3. The largest absolute Gasteiger partial charge is 0.257 e. The number of rotatable bonds is 1. The Morgan fingerprint density at radius 3 is 2.22 bits per heavy atom. The standard InChI is InChI=1S/C24H19N2.Ir/c1-15-12-16(2)24(17(3)13-15)21-14-23-20-10-5-4-8-18(20)19-9-6-7-11-22(19)26(23)25-21;/h4-10,12-14H,1-3H3;/q-1;. The maximum atomic E-state index is 5.00. The molecule has 27 heavy (non-hydrogen) atoms. The molecule has 0 aliphatic heterocycles. The fourth-order valence-corrected chi connectivity index (χ4v) is 4.21. The Morgan fingerprint density at radius 2 is 1.48 bits per heavy atom. The van der Waals surface area contributed by atoms with Crippen molar-refractivity contribution < 1.29 is 20.1 Å². The smallest absolute Gasteiger partial charge is 0.0938 e. The second kappa shape index (κ2) is 6.60. The van der Waals surface area contributed by atoms with Gasteiger partial charge in [-0.25, -0.2) is 0 Å². The van der Waals surface area contributed by atoms with Crippen LogP contribution in [0, 0.1) is 26.8 Å². The molecule has 135 valence electrons. The van der Waals surface area contributed by atoms with E-state index < -0.39 is 0 Å². The molecule has 0 saturated carbocycles. The molecule has 0 unspecified atom stereocenters. The number of aromatic nitrogens is 2. The second-order valence-corrected chi connectivity index (χ2v) is 7.08. The Hall–Kier alpha value is -2.48. The van der Waals surface area contributed by atoms with Gasteiger partial charge in [0.1, 0.15) is 0 Å². The molecule has 0 N–H and O–H groups in total. The molecule has 3 aromatic carbocycles. The average Bonchev–Trinajstić information content (AvgIpc) is 3.06. The summed E-state index contributed by atoms with van der Waals surface area (Å²) in [6, 6.07) is 24.8. The summed E-state index contributed by atoms with van der Waals surface area (Å²) in [5.74, 6) is 0. The maximum Gasteiger partial charge on any atom is 0.0938 e. The van der Waals surface area contributed by atoms with Crippen LogP contribution in [0.2, 0.25) is 0 Å². The van der Waals surface area contributed by atoms with E-state index in [9.17, 15) is 0 Å². The van der Waals surface area contributed by atoms with Crippen LogP contribution in [0.5, 0.6) is 0 Å². The van der Waals surface area contributed by atoms with Crippen LogP contribution in [0.3, 0.4) is 0 Å². The first-order chi connectivity index (χ1) is 12.6. The minimum Gasteiger partial charge on any atom is -0.257 e. The first-order valence-electron chi connectivity index (χ1n) is 8.92. The molecular weight excluding hydrogens is 508 g/mol. The Kier molecular flexibility index (Phi) is 4.38. The van der Waals surface area contributed by atoms with Gasteiger partial charge in [0, 0.05) is 25.7 Å². The third-order valence-corrected chi connectivity index (χ3v) is 5.18. The Morgan fingerprint density at radius 1 is 0.815 bits per heavy atom. The van der Waals surface area contributed by atoms with Gasteiger partial charge in [-0.05, 0) is 48.9 Å². The van der Waals surface area contributed by atoms with Gasteiger partial charge in [0.15, 0.2) is 0 Å². The summed E-state index contributed by atoms with van der Waals surface area (Å²) in [7, 11) is 0. The van der Waals surface area contributed by atoms with E-state index >= 15 is 0 Å². The first kappa shape index (κ1) is 17.9.